The van der Waals surface area contributed by atoms with Gasteiger partial charge in [0.25, 0.3) is 0 Å². The molecule has 178 valence electrons. The molecule has 0 amide bonds. The summed E-state index contributed by atoms with van der Waals surface area (Å²) in [6.07, 6.45) is -5.53. The third-order valence-electron chi connectivity index (χ3n) is 5.35. The number of rotatable bonds is 5. The Labute approximate surface area is 188 Å². The molecule has 1 atom stereocenters. The maximum atomic E-state index is 14.5. The van der Waals surface area contributed by atoms with E-state index >= 15 is 0 Å². The summed E-state index contributed by atoms with van der Waals surface area (Å²) in [5.41, 5.74) is -1.58. The Morgan fingerprint density at radius 3 is 1.91 bits per heavy atom. The van der Waals surface area contributed by atoms with Gasteiger partial charge < -0.3 is 0 Å². The molecule has 2 aromatic rings. The van der Waals surface area contributed by atoms with Crippen LogP contribution in [0.25, 0.3) is 5.57 Å². The Balaban J connectivity index is 2.21. The van der Waals surface area contributed by atoms with Gasteiger partial charge in [0.2, 0.25) is 0 Å². The van der Waals surface area contributed by atoms with Crippen LogP contribution >= 0.6 is 11.8 Å². The van der Waals surface area contributed by atoms with Crippen molar-refractivity contribution in [3.05, 3.63) is 87.8 Å². The monoisotopic (exact) mass is 496 g/mol. The lowest BCUT2D eigenvalue weighted by molar-refractivity contribution is -0.330. The Hall–Kier alpha value is -2.36. The molecule has 1 aliphatic rings. The zero-order valence-electron chi connectivity index (χ0n) is 17.2. The van der Waals surface area contributed by atoms with Gasteiger partial charge in [-0.05, 0) is 48.4 Å². The summed E-state index contributed by atoms with van der Waals surface area (Å²) in [6.45, 7) is 2.85. The average Bonchev–Trinajstić information content (AvgIpc) is 2.68. The average molecular weight is 496 g/mol. The minimum atomic E-state index is -6.52. The van der Waals surface area contributed by atoms with E-state index in [1.165, 1.54) is 50.2 Å². The fourth-order valence-electron chi connectivity index (χ4n) is 3.83. The van der Waals surface area contributed by atoms with Gasteiger partial charge in [0.15, 0.2) is 0 Å². The molecule has 1 aliphatic carbocycles. The van der Waals surface area contributed by atoms with Crippen molar-refractivity contribution in [2.24, 2.45) is 0 Å². The van der Waals surface area contributed by atoms with Crippen LogP contribution in [0.1, 0.15) is 31.4 Å². The third-order valence-corrected chi connectivity index (χ3v) is 6.40. The summed E-state index contributed by atoms with van der Waals surface area (Å²) in [7, 11) is 0. The third kappa shape index (κ3) is 4.54. The van der Waals surface area contributed by atoms with Crippen molar-refractivity contribution >= 4 is 17.3 Å². The van der Waals surface area contributed by atoms with E-state index in [1.807, 2.05) is 0 Å². The molecule has 0 fully saturated rings. The van der Waals surface area contributed by atoms with Crippen molar-refractivity contribution in [2.45, 2.75) is 43.0 Å². The molecule has 0 N–H and O–H groups in total. The molecule has 2 aromatic carbocycles. The smallest absolute Gasteiger partial charge is 0.207 e. The quantitative estimate of drug-likeness (QED) is 0.374. The second kappa shape index (κ2) is 8.45. The van der Waals surface area contributed by atoms with Crippen LogP contribution in [0.3, 0.4) is 0 Å². The Morgan fingerprint density at radius 1 is 0.818 bits per heavy atom. The predicted octanol–water partition coefficient (Wildman–Crippen LogP) is 8.51. The van der Waals surface area contributed by atoms with Gasteiger partial charge >= 0.3 is 17.4 Å². The van der Waals surface area contributed by atoms with Gasteiger partial charge in [-0.25, -0.2) is 8.78 Å². The van der Waals surface area contributed by atoms with E-state index in [0.29, 0.717) is 0 Å². The van der Waals surface area contributed by atoms with Gasteiger partial charge in [0.05, 0.1) is 0 Å². The normalized spacial score (nSPS) is 20.2. The molecule has 33 heavy (non-hydrogen) atoms. The molecule has 0 saturated carbocycles. The summed E-state index contributed by atoms with van der Waals surface area (Å²) in [6, 6.07) is 10.2. The first-order chi connectivity index (χ1) is 15.1. The zero-order valence-corrected chi connectivity index (χ0v) is 18.0. The van der Waals surface area contributed by atoms with E-state index in [-0.39, 0.29) is 28.7 Å². The largest absolute Gasteiger partial charge is 0.460 e. The minimum Gasteiger partial charge on any atom is -0.207 e. The molecule has 0 aliphatic heterocycles. The van der Waals surface area contributed by atoms with E-state index in [1.54, 1.807) is 0 Å². The van der Waals surface area contributed by atoms with E-state index in [2.05, 4.69) is 0 Å². The van der Waals surface area contributed by atoms with Crippen molar-refractivity contribution in [2.75, 3.05) is 0 Å². The van der Waals surface area contributed by atoms with E-state index in [4.69, 9.17) is 0 Å². The molecule has 0 bridgehead atoms. The van der Waals surface area contributed by atoms with Crippen LogP contribution in [-0.4, -0.2) is 17.4 Å². The van der Waals surface area contributed by atoms with Gasteiger partial charge in [0.1, 0.15) is 11.6 Å². The molecule has 0 aromatic heterocycles. The van der Waals surface area contributed by atoms with E-state index in [0.717, 1.165) is 18.2 Å². The van der Waals surface area contributed by atoms with Crippen LogP contribution in [0.2, 0.25) is 0 Å². The second-order valence-electron chi connectivity index (χ2n) is 7.91. The fraction of sp³-hybridized carbons (Fsp3) is 0.304. The standard InChI is InChI=1S/C23H17F9S/c1-13-11-20(2,15-8-4-6-10-17(15)25)12-18(19(13)14-7-3-5-9-16(14)24)33-23(31,32)21(26,27)22(28,29)30/h3-10,12H,11H2,1-2H3. The maximum Gasteiger partial charge on any atom is 0.460 e. The number of allylic oxidation sites excluding steroid dienone is 3. The number of benzene rings is 2. The zero-order chi connectivity index (χ0) is 24.8. The van der Waals surface area contributed by atoms with Crippen LogP contribution in [0, 0.1) is 11.6 Å². The van der Waals surface area contributed by atoms with E-state index in [9.17, 15) is 39.5 Å². The van der Waals surface area contributed by atoms with Crippen molar-refractivity contribution < 1.29 is 39.5 Å². The van der Waals surface area contributed by atoms with Crippen LogP contribution in [0.4, 0.5) is 39.5 Å². The predicted molar refractivity (Wildman–Crippen MR) is 109 cm³/mol. The van der Waals surface area contributed by atoms with Gasteiger partial charge in [-0.2, -0.15) is 30.7 Å². The summed E-state index contributed by atoms with van der Waals surface area (Å²) < 4.78 is 123. The summed E-state index contributed by atoms with van der Waals surface area (Å²) in [5, 5.41) is -5.62. The van der Waals surface area contributed by atoms with Crippen molar-refractivity contribution in [1.29, 1.82) is 0 Å². The molecule has 0 radical (unpaired) electrons. The molecule has 1 unspecified atom stereocenters. The number of alkyl halides is 7. The van der Waals surface area contributed by atoms with Crippen molar-refractivity contribution in [1.82, 2.24) is 0 Å². The first kappa shape index (κ1) is 25.3. The van der Waals surface area contributed by atoms with Crippen molar-refractivity contribution in [3.8, 4) is 0 Å². The highest BCUT2D eigenvalue weighted by molar-refractivity contribution is 8.04. The lowest BCUT2D eigenvalue weighted by Gasteiger charge is -2.36. The number of thioether (sulfide) groups is 1. The lowest BCUT2D eigenvalue weighted by atomic mass is 9.72. The molecule has 10 heteroatoms. The Morgan fingerprint density at radius 2 is 1.36 bits per heavy atom. The van der Waals surface area contributed by atoms with Gasteiger partial charge in [0, 0.05) is 15.9 Å². The SMILES string of the molecule is CC1=C(c2ccccc2F)C(SC(F)(F)C(F)(F)C(F)(F)F)=CC(C)(c2ccccc2F)C1. The number of hydrogen-bond acceptors (Lipinski definition) is 1. The number of hydrogen-bond donors (Lipinski definition) is 0. The lowest BCUT2D eigenvalue weighted by Crippen LogP contribution is -2.50. The summed E-state index contributed by atoms with van der Waals surface area (Å²) >= 11 is -1.01. The number of halogens is 9. The topological polar surface area (TPSA) is 0 Å². The molecule has 3 rings (SSSR count). The van der Waals surface area contributed by atoms with Crippen LogP contribution < -0.4 is 0 Å². The highest BCUT2D eigenvalue weighted by Gasteiger charge is 2.73. The van der Waals surface area contributed by atoms with Crippen molar-refractivity contribution in [3.63, 3.8) is 0 Å². The van der Waals surface area contributed by atoms with Gasteiger partial charge in [-0.3, -0.25) is 0 Å². The van der Waals surface area contributed by atoms with Gasteiger partial charge in [-0.15, -0.1) is 0 Å². The summed E-state index contributed by atoms with van der Waals surface area (Å²) in [4.78, 5) is -0.705. The molecular weight excluding hydrogens is 479 g/mol. The van der Waals surface area contributed by atoms with Crippen LogP contribution in [-0.2, 0) is 5.41 Å². The van der Waals surface area contributed by atoms with Crippen LogP contribution in [0.15, 0.2) is 65.1 Å². The maximum absolute atomic E-state index is 14.5. The first-order valence-corrected chi connectivity index (χ1v) is 10.4. The first-order valence-electron chi connectivity index (χ1n) is 9.55. The molecule has 0 nitrogen and oxygen atoms in total. The molecule has 0 heterocycles. The fourth-order valence-corrected chi connectivity index (χ4v) is 5.06. The van der Waals surface area contributed by atoms with E-state index < -0.39 is 51.1 Å². The molecule has 0 saturated heterocycles. The summed E-state index contributed by atoms with van der Waals surface area (Å²) in [5.74, 6) is -7.96. The minimum absolute atomic E-state index is 0.0110. The molecule has 0 spiro atoms. The highest BCUT2D eigenvalue weighted by Crippen LogP contribution is 2.58. The Kier molecular flexibility index (Phi) is 6.47. The highest BCUT2D eigenvalue weighted by atomic mass is 32.2. The van der Waals surface area contributed by atoms with Crippen LogP contribution in [0.5, 0.6) is 0 Å². The van der Waals surface area contributed by atoms with Gasteiger partial charge in [-0.1, -0.05) is 55.0 Å². The Bertz CT molecular complexity index is 1110. The molecular formula is C23H17F9S. The second-order valence-corrected chi connectivity index (χ2v) is 9.07.